The van der Waals surface area contributed by atoms with Crippen LogP contribution in [-0.4, -0.2) is 0 Å². The molecular weight excluding hydrogens is 84.1 g/mol. The molecule has 7 heavy (non-hydrogen) atoms. The Morgan fingerprint density at radius 3 is 2.71 bits per heavy atom. The van der Waals surface area contributed by atoms with Crippen molar-refractivity contribution >= 4 is 0 Å². The summed E-state index contributed by atoms with van der Waals surface area (Å²) < 4.78 is 0. The van der Waals surface area contributed by atoms with E-state index in [0.717, 1.165) is 5.92 Å². The first kappa shape index (κ1) is 4.67. The number of hydrogen-bond acceptors (Lipinski definition) is 0. The van der Waals surface area contributed by atoms with Crippen LogP contribution in [0.1, 0.15) is 20.3 Å². The minimum Gasteiger partial charge on any atom is -0.126 e. The van der Waals surface area contributed by atoms with Crippen molar-refractivity contribution in [3.63, 3.8) is 0 Å². The van der Waals surface area contributed by atoms with E-state index in [1.54, 1.807) is 0 Å². The average Bonchev–Trinajstić information content (AvgIpc) is 1.87. The Labute approximate surface area is 44.5 Å². The van der Waals surface area contributed by atoms with Gasteiger partial charge in [-0.25, -0.2) is 0 Å². The molecule has 0 heterocycles. The number of rotatable bonds is 0. The van der Waals surface area contributed by atoms with Crippen LogP contribution in [-0.2, 0) is 0 Å². The molecule has 0 N–H and O–H groups in total. The molecule has 0 amide bonds. The molecule has 0 saturated carbocycles. The van der Waals surface area contributed by atoms with E-state index in [2.05, 4.69) is 25.7 Å². The zero-order valence-electron chi connectivity index (χ0n) is 4.86. The van der Waals surface area contributed by atoms with Gasteiger partial charge in [0, 0.05) is 0 Å². The first-order valence-electron chi connectivity index (χ1n) is 2.71. The third-order valence-electron chi connectivity index (χ3n) is 1.24. The third-order valence-corrected chi connectivity index (χ3v) is 1.24. The van der Waals surface area contributed by atoms with Crippen LogP contribution in [0.2, 0.25) is 0 Å². The van der Waals surface area contributed by atoms with Crippen molar-refractivity contribution in [1.82, 2.24) is 0 Å². The van der Waals surface area contributed by atoms with E-state index in [9.17, 15) is 0 Å². The molecule has 0 bridgehead atoms. The van der Waals surface area contributed by atoms with Gasteiger partial charge in [0.15, 0.2) is 0 Å². The van der Waals surface area contributed by atoms with Crippen LogP contribution < -0.4 is 0 Å². The van der Waals surface area contributed by atoms with E-state index in [1.165, 1.54) is 12.0 Å². The summed E-state index contributed by atoms with van der Waals surface area (Å²) in [7, 11) is 0. The van der Waals surface area contributed by atoms with Gasteiger partial charge in [-0.2, -0.15) is 0 Å². The summed E-state index contributed by atoms with van der Waals surface area (Å²) in [6, 6.07) is 0. The van der Waals surface area contributed by atoms with Gasteiger partial charge in [0.05, 0.1) is 0 Å². The fourth-order valence-corrected chi connectivity index (χ4v) is 0.885. The molecule has 0 aromatic rings. The monoisotopic (exact) mass is 94.1 g/mol. The lowest BCUT2D eigenvalue weighted by Crippen LogP contribution is -1.81. The first-order chi connectivity index (χ1) is 3.29. The lowest BCUT2D eigenvalue weighted by molar-refractivity contribution is 0.742. The summed E-state index contributed by atoms with van der Waals surface area (Å²) in [6.07, 6.45) is 3.36. The summed E-state index contributed by atoms with van der Waals surface area (Å²) in [6.45, 7) is 4.34. The van der Waals surface area contributed by atoms with E-state index in [0.29, 0.717) is 0 Å². The minimum absolute atomic E-state index is 0.750. The van der Waals surface area contributed by atoms with Crippen LogP contribution in [0.25, 0.3) is 0 Å². The van der Waals surface area contributed by atoms with Crippen molar-refractivity contribution < 1.29 is 0 Å². The molecule has 1 rings (SSSR count). The third kappa shape index (κ3) is 0.942. The first-order valence-corrected chi connectivity index (χ1v) is 2.71. The summed E-state index contributed by atoms with van der Waals surface area (Å²) in [4.78, 5) is 0. The second kappa shape index (κ2) is 1.55. The maximum atomic E-state index is 3.16. The zero-order valence-corrected chi connectivity index (χ0v) is 4.86. The fraction of sp³-hybridized carbons (Fsp3) is 0.571. The van der Waals surface area contributed by atoms with E-state index in [-0.39, 0.29) is 0 Å². The van der Waals surface area contributed by atoms with Crippen molar-refractivity contribution in [3.8, 4) is 0 Å². The van der Waals surface area contributed by atoms with Crippen LogP contribution >= 0.6 is 0 Å². The maximum absolute atomic E-state index is 3.16. The summed E-state index contributed by atoms with van der Waals surface area (Å²) in [5.74, 6) is 0.750. The smallest absolute Gasteiger partial charge is 0.0143 e. The predicted octanol–water partition coefficient (Wildman–Crippen LogP) is 2.13. The van der Waals surface area contributed by atoms with Crippen molar-refractivity contribution in [2.45, 2.75) is 20.3 Å². The minimum atomic E-state index is 0.750. The van der Waals surface area contributed by atoms with E-state index >= 15 is 0 Å². The Balaban J connectivity index is 2.62. The average molecular weight is 94.2 g/mol. The molecule has 0 aliphatic heterocycles. The van der Waals surface area contributed by atoms with Gasteiger partial charge in [-0.05, 0) is 30.9 Å². The van der Waals surface area contributed by atoms with Crippen molar-refractivity contribution in [2.75, 3.05) is 0 Å². The highest BCUT2D eigenvalue weighted by Gasteiger charge is 2.01. The Kier molecular flexibility index (Phi) is 1.04. The lowest BCUT2D eigenvalue weighted by atomic mass is 10.1. The molecule has 0 aromatic carbocycles. The molecular formula is C7H10. The molecule has 0 aromatic heterocycles. The molecule has 0 nitrogen and oxygen atoms in total. The Morgan fingerprint density at radius 1 is 1.86 bits per heavy atom. The highest BCUT2D eigenvalue weighted by molar-refractivity contribution is 5.08. The van der Waals surface area contributed by atoms with Crippen LogP contribution in [0.4, 0.5) is 0 Å². The van der Waals surface area contributed by atoms with Crippen molar-refractivity contribution in [3.05, 3.63) is 17.4 Å². The van der Waals surface area contributed by atoms with Crippen LogP contribution in [0.5, 0.6) is 0 Å². The molecule has 0 spiro atoms. The predicted molar refractivity (Wildman–Crippen MR) is 31.1 cm³/mol. The summed E-state index contributed by atoms with van der Waals surface area (Å²) in [5, 5.41) is 0. The molecule has 1 aliphatic rings. The molecule has 0 heteroatoms. The Bertz CT molecular complexity index is 125. The van der Waals surface area contributed by atoms with Gasteiger partial charge in [0.2, 0.25) is 0 Å². The maximum Gasteiger partial charge on any atom is -0.0143 e. The fourth-order valence-electron chi connectivity index (χ4n) is 0.885. The number of allylic oxidation sites excluding steroid dienone is 1. The number of hydrogen-bond donors (Lipinski definition) is 0. The topological polar surface area (TPSA) is 0 Å². The quantitative estimate of drug-likeness (QED) is 0.403. The highest BCUT2D eigenvalue weighted by atomic mass is 14.1. The van der Waals surface area contributed by atoms with Gasteiger partial charge < -0.3 is 0 Å². The van der Waals surface area contributed by atoms with Gasteiger partial charge >= 0.3 is 0 Å². The Hall–Kier alpha value is -0.480. The lowest BCUT2D eigenvalue weighted by Gasteiger charge is -1.93. The van der Waals surface area contributed by atoms with Gasteiger partial charge in [-0.3, -0.25) is 0 Å². The van der Waals surface area contributed by atoms with Gasteiger partial charge in [-0.1, -0.05) is 6.92 Å². The highest BCUT2D eigenvalue weighted by Crippen LogP contribution is 2.15. The standard InChI is InChI=1S/C7H10/c1-6-3-4-7(2)5-6/h3,6H,5H2,1-2H3. The van der Waals surface area contributed by atoms with E-state index in [4.69, 9.17) is 0 Å². The second-order valence-corrected chi connectivity index (χ2v) is 2.27. The summed E-state index contributed by atoms with van der Waals surface area (Å²) in [5.41, 5.74) is 4.56. The molecule has 0 saturated heterocycles. The van der Waals surface area contributed by atoms with Crippen molar-refractivity contribution in [2.24, 2.45) is 5.92 Å². The molecule has 0 radical (unpaired) electrons. The van der Waals surface area contributed by atoms with Crippen LogP contribution in [0, 0.1) is 5.92 Å². The Morgan fingerprint density at radius 2 is 2.57 bits per heavy atom. The molecule has 1 atom stereocenters. The molecule has 38 valence electrons. The second-order valence-electron chi connectivity index (χ2n) is 2.27. The SMILES string of the molecule is CC1=C=CC(C)C1. The van der Waals surface area contributed by atoms with Gasteiger partial charge in [-0.15, -0.1) is 5.73 Å². The van der Waals surface area contributed by atoms with Crippen molar-refractivity contribution in [1.29, 1.82) is 0 Å². The van der Waals surface area contributed by atoms with E-state index in [1.807, 2.05) is 0 Å². The van der Waals surface area contributed by atoms with E-state index < -0.39 is 0 Å². The largest absolute Gasteiger partial charge is 0.126 e. The van der Waals surface area contributed by atoms with Crippen LogP contribution in [0.3, 0.4) is 0 Å². The zero-order chi connectivity index (χ0) is 5.28. The normalized spacial score (nSPS) is 28.3. The summed E-state index contributed by atoms with van der Waals surface area (Å²) >= 11 is 0. The molecule has 1 unspecified atom stereocenters. The molecule has 0 fully saturated rings. The van der Waals surface area contributed by atoms with Gasteiger partial charge in [0.1, 0.15) is 0 Å². The van der Waals surface area contributed by atoms with Gasteiger partial charge in [0.25, 0.3) is 0 Å². The van der Waals surface area contributed by atoms with Crippen LogP contribution in [0.15, 0.2) is 17.4 Å². The molecule has 1 aliphatic carbocycles.